The molecule has 154 valence electrons. The number of piperidine rings is 1. The molecule has 0 spiro atoms. The summed E-state index contributed by atoms with van der Waals surface area (Å²) in [6.45, 7) is 6.56. The van der Waals surface area contributed by atoms with Gasteiger partial charge in [-0.1, -0.05) is 4.49 Å². The summed E-state index contributed by atoms with van der Waals surface area (Å²) in [5.74, 6) is 0.399. The van der Waals surface area contributed by atoms with Gasteiger partial charge in [-0.15, -0.1) is 5.10 Å². The lowest BCUT2D eigenvalue weighted by Gasteiger charge is -2.32. The van der Waals surface area contributed by atoms with E-state index in [0.29, 0.717) is 35.1 Å². The monoisotopic (exact) mass is 414 g/mol. The van der Waals surface area contributed by atoms with Crippen molar-refractivity contribution in [1.82, 2.24) is 29.3 Å². The first-order valence-electron chi connectivity index (χ1n) is 10.0. The summed E-state index contributed by atoms with van der Waals surface area (Å²) in [4.78, 5) is 36.5. The Balaban J connectivity index is 1.34. The fourth-order valence-corrected chi connectivity index (χ4v) is 4.54. The van der Waals surface area contributed by atoms with E-state index in [9.17, 15) is 9.59 Å². The van der Waals surface area contributed by atoms with Crippen molar-refractivity contribution in [2.45, 2.75) is 25.7 Å². The number of rotatable bonds is 3. The maximum Gasteiger partial charge on any atom is 0.267 e. The van der Waals surface area contributed by atoms with Crippen molar-refractivity contribution >= 4 is 23.3 Å². The van der Waals surface area contributed by atoms with E-state index in [0.717, 1.165) is 56.2 Å². The number of amides is 2. The first-order valence-corrected chi connectivity index (χ1v) is 10.8. The average Bonchev–Trinajstić information content (AvgIpc) is 3.19. The fourth-order valence-electron chi connectivity index (χ4n) is 3.92. The number of likely N-dealkylation sites (tertiary alicyclic amines) is 1. The van der Waals surface area contributed by atoms with E-state index in [2.05, 4.69) is 26.5 Å². The van der Waals surface area contributed by atoms with Gasteiger partial charge in [-0.3, -0.25) is 14.6 Å². The maximum absolute atomic E-state index is 12.7. The quantitative estimate of drug-likeness (QED) is 0.760. The van der Waals surface area contributed by atoms with Crippen molar-refractivity contribution in [3.63, 3.8) is 0 Å². The number of piperazine rings is 1. The molecule has 29 heavy (non-hydrogen) atoms. The van der Waals surface area contributed by atoms with Crippen molar-refractivity contribution in [2.24, 2.45) is 0 Å². The number of hydrogen-bond acceptors (Lipinski definition) is 7. The molecule has 0 aromatic carbocycles. The Morgan fingerprint density at radius 2 is 1.69 bits per heavy atom. The molecular formula is C20H26N6O2S. The van der Waals surface area contributed by atoms with E-state index in [-0.39, 0.29) is 11.8 Å². The van der Waals surface area contributed by atoms with Gasteiger partial charge in [0, 0.05) is 57.1 Å². The Hall–Kier alpha value is -2.39. The van der Waals surface area contributed by atoms with Crippen LogP contribution in [0.25, 0.3) is 0 Å². The second-order valence-corrected chi connectivity index (χ2v) is 8.58. The number of aromatic nitrogens is 3. The molecule has 2 aliphatic heterocycles. The SMILES string of the molecule is Cc1nnsc1C(=O)N1CCC(c2ccc(C(=O)N3CCN(C)CC3)cn2)CC1. The second kappa shape index (κ2) is 8.54. The van der Waals surface area contributed by atoms with Crippen LogP contribution in [0.3, 0.4) is 0 Å². The summed E-state index contributed by atoms with van der Waals surface area (Å²) in [5.41, 5.74) is 2.35. The molecule has 0 saturated carbocycles. The minimum atomic E-state index is 0.0250. The van der Waals surface area contributed by atoms with Gasteiger partial charge in [0.05, 0.1) is 11.3 Å². The predicted molar refractivity (Wildman–Crippen MR) is 110 cm³/mol. The van der Waals surface area contributed by atoms with Crippen LogP contribution in [0.4, 0.5) is 0 Å². The minimum absolute atomic E-state index is 0.0250. The Morgan fingerprint density at radius 3 is 2.28 bits per heavy atom. The van der Waals surface area contributed by atoms with Crippen LogP contribution < -0.4 is 0 Å². The Morgan fingerprint density at radius 1 is 1.00 bits per heavy atom. The standard InChI is InChI=1S/C20H26N6O2S/c1-14-18(29-23-22-14)20(28)25-7-5-15(6-8-25)17-4-3-16(13-21-17)19(27)26-11-9-24(2)10-12-26/h3-4,13,15H,5-12H2,1-2H3. The molecule has 4 heterocycles. The molecule has 2 aliphatic rings. The molecule has 0 aliphatic carbocycles. The highest BCUT2D eigenvalue weighted by Crippen LogP contribution is 2.28. The zero-order chi connectivity index (χ0) is 20.4. The topological polar surface area (TPSA) is 82.5 Å². The lowest BCUT2D eigenvalue weighted by Crippen LogP contribution is -2.47. The number of carbonyl (C=O) groups excluding carboxylic acids is 2. The first-order chi connectivity index (χ1) is 14.0. The van der Waals surface area contributed by atoms with Gasteiger partial charge in [0.2, 0.25) is 0 Å². The number of nitrogens with zero attached hydrogens (tertiary/aromatic N) is 6. The molecule has 0 N–H and O–H groups in total. The van der Waals surface area contributed by atoms with Gasteiger partial charge in [-0.25, -0.2) is 0 Å². The van der Waals surface area contributed by atoms with Gasteiger partial charge < -0.3 is 14.7 Å². The third-order valence-corrected chi connectivity index (χ3v) is 6.69. The lowest BCUT2D eigenvalue weighted by atomic mass is 9.92. The highest BCUT2D eigenvalue weighted by atomic mass is 32.1. The largest absolute Gasteiger partial charge is 0.338 e. The van der Waals surface area contributed by atoms with E-state index < -0.39 is 0 Å². The lowest BCUT2D eigenvalue weighted by molar-refractivity contribution is 0.0662. The number of aryl methyl sites for hydroxylation is 1. The Bertz CT molecular complexity index is 867. The molecule has 2 amide bonds. The number of carbonyl (C=O) groups is 2. The van der Waals surface area contributed by atoms with Gasteiger partial charge in [0.1, 0.15) is 4.88 Å². The van der Waals surface area contributed by atoms with Crippen LogP contribution in [0.5, 0.6) is 0 Å². The molecule has 0 unspecified atom stereocenters. The normalized spacial score (nSPS) is 18.8. The molecular weight excluding hydrogens is 388 g/mol. The zero-order valence-corrected chi connectivity index (χ0v) is 17.7. The second-order valence-electron chi connectivity index (χ2n) is 7.82. The number of likely N-dealkylation sites (N-methyl/N-ethyl adjacent to an activating group) is 1. The summed E-state index contributed by atoms with van der Waals surface area (Å²) in [6.07, 6.45) is 3.45. The summed E-state index contributed by atoms with van der Waals surface area (Å²) in [6, 6.07) is 3.87. The molecule has 2 aromatic rings. The van der Waals surface area contributed by atoms with Crippen LogP contribution in [0, 0.1) is 6.92 Å². The van der Waals surface area contributed by atoms with Crippen LogP contribution in [0.2, 0.25) is 0 Å². The van der Waals surface area contributed by atoms with E-state index >= 15 is 0 Å². The minimum Gasteiger partial charge on any atom is -0.338 e. The van der Waals surface area contributed by atoms with Gasteiger partial charge in [-0.05, 0) is 50.5 Å². The summed E-state index contributed by atoms with van der Waals surface area (Å²) < 4.78 is 3.86. The predicted octanol–water partition coefficient (Wildman–Crippen LogP) is 1.65. The molecule has 0 bridgehead atoms. The zero-order valence-electron chi connectivity index (χ0n) is 16.9. The van der Waals surface area contributed by atoms with Crippen LogP contribution in [0.15, 0.2) is 18.3 Å². The van der Waals surface area contributed by atoms with Gasteiger partial charge in [-0.2, -0.15) is 0 Å². The van der Waals surface area contributed by atoms with Crippen LogP contribution >= 0.6 is 11.5 Å². The van der Waals surface area contributed by atoms with Crippen molar-refractivity contribution in [3.8, 4) is 0 Å². The van der Waals surface area contributed by atoms with E-state index in [1.165, 1.54) is 0 Å². The molecule has 0 atom stereocenters. The first kappa shape index (κ1) is 19.9. The molecule has 9 heteroatoms. The fraction of sp³-hybridized carbons (Fsp3) is 0.550. The number of hydrogen-bond donors (Lipinski definition) is 0. The molecule has 2 fully saturated rings. The van der Waals surface area contributed by atoms with Crippen LogP contribution in [-0.2, 0) is 0 Å². The Kier molecular flexibility index (Phi) is 5.86. The third-order valence-electron chi connectivity index (χ3n) is 5.87. The molecule has 2 aromatic heterocycles. The molecule has 8 nitrogen and oxygen atoms in total. The molecule has 4 rings (SSSR count). The Labute approximate surface area is 174 Å². The van der Waals surface area contributed by atoms with Crippen LogP contribution in [-0.4, -0.2) is 87.4 Å². The van der Waals surface area contributed by atoms with Crippen LogP contribution in [0.1, 0.15) is 50.2 Å². The smallest absolute Gasteiger partial charge is 0.267 e. The van der Waals surface area contributed by atoms with Gasteiger partial charge >= 0.3 is 0 Å². The molecule has 2 saturated heterocycles. The summed E-state index contributed by atoms with van der Waals surface area (Å²) >= 11 is 1.16. The van der Waals surface area contributed by atoms with Crippen molar-refractivity contribution in [3.05, 3.63) is 40.2 Å². The summed E-state index contributed by atoms with van der Waals surface area (Å²) in [7, 11) is 2.08. The van der Waals surface area contributed by atoms with Crippen molar-refractivity contribution in [1.29, 1.82) is 0 Å². The van der Waals surface area contributed by atoms with Gasteiger partial charge in [0.15, 0.2) is 0 Å². The van der Waals surface area contributed by atoms with Gasteiger partial charge in [0.25, 0.3) is 11.8 Å². The van der Waals surface area contributed by atoms with Crippen molar-refractivity contribution in [2.75, 3.05) is 46.3 Å². The van der Waals surface area contributed by atoms with E-state index in [1.807, 2.05) is 28.9 Å². The average molecular weight is 415 g/mol. The molecule has 0 radical (unpaired) electrons. The van der Waals surface area contributed by atoms with E-state index in [4.69, 9.17) is 0 Å². The number of pyridine rings is 1. The van der Waals surface area contributed by atoms with E-state index in [1.54, 1.807) is 6.20 Å². The summed E-state index contributed by atoms with van der Waals surface area (Å²) in [5, 5.41) is 3.93. The van der Waals surface area contributed by atoms with Crippen molar-refractivity contribution < 1.29 is 9.59 Å². The third kappa shape index (κ3) is 4.30. The highest BCUT2D eigenvalue weighted by molar-refractivity contribution is 7.07. The maximum atomic E-state index is 12.7. The highest BCUT2D eigenvalue weighted by Gasteiger charge is 2.28.